The maximum atomic E-state index is 6.32. The standard InChI is InChI=1S/C17H17ClN4OS/c1-23-13-6-5-12(18)16-15(13)20-17(24-16)22-10-8-21(9-11-22)14-4-2-3-7-19-14/h2-7H,8-11H2,1H3. The Morgan fingerprint density at radius 2 is 1.88 bits per heavy atom. The zero-order chi connectivity index (χ0) is 16.5. The number of methoxy groups -OCH3 is 1. The zero-order valence-electron chi connectivity index (χ0n) is 13.3. The Hall–Kier alpha value is -2.05. The Morgan fingerprint density at radius 1 is 1.08 bits per heavy atom. The lowest BCUT2D eigenvalue weighted by Gasteiger charge is -2.35. The first-order chi connectivity index (χ1) is 11.8. The van der Waals surface area contributed by atoms with Gasteiger partial charge in [0, 0.05) is 32.4 Å². The second-order valence-corrected chi connectivity index (χ2v) is 6.97. The Labute approximate surface area is 149 Å². The van der Waals surface area contributed by atoms with Crippen LogP contribution in [0.3, 0.4) is 0 Å². The van der Waals surface area contributed by atoms with Crippen LogP contribution in [0.5, 0.6) is 5.75 Å². The van der Waals surface area contributed by atoms with Crippen molar-refractivity contribution >= 4 is 44.1 Å². The molecule has 0 amide bonds. The molecule has 1 aromatic carbocycles. The number of fused-ring (bicyclic) bond motifs is 1. The summed E-state index contributed by atoms with van der Waals surface area (Å²) in [4.78, 5) is 13.8. The third kappa shape index (κ3) is 2.76. The van der Waals surface area contributed by atoms with Gasteiger partial charge >= 0.3 is 0 Å². The van der Waals surface area contributed by atoms with Gasteiger partial charge in [-0.3, -0.25) is 0 Å². The van der Waals surface area contributed by atoms with Crippen LogP contribution in [-0.4, -0.2) is 43.3 Å². The minimum absolute atomic E-state index is 0.724. The number of rotatable bonds is 3. The monoisotopic (exact) mass is 360 g/mol. The minimum Gasteiger partial charge on any atom is -0.494 e. The van der Waals surface area contributed by atoms with Gasteiger partial charge in [-0.25, -0.2) is 9.97 Å². The van der Waals surface area contributed by atoms with Crippen molar-refractivity contribution in [1.82, 2.24) is 9.97 Å². The molecule has 24 heavy (non-hydrogen) atoms. The lowest BCUT2D eigenvalue weighted by Crippen LogP contribution is -2.46. The molecule has 124 valence electrons. The van der Waals surface area contributed by atoms with Gasteiger partial charge in [-0.2, -0.15) is 0 Å². The molecule has 1 aliphatic rings. The average Bonchev–Trinajstić information content (AvgIpc) is 3.09. The van der Waals surface area contributed by atoms with Gasteiger partial charge < -0.3 is 14.5 Å². The highest BCUT2D eigenvalue weighted by molar-refractivity contribution is 7.22. The Kier molecular flexibility index (Phi) is 4.16. The molecule has 3 aromatic rings. The topological polar surface area (TPSA) is 41.5 Å². The van der Waals surface area contributed by atoms with Crippen LogP contribution in [0.4, 0.5) is 10.9 Å². The Morgan fingerprint density at radius 3 is 2.58 bits per heavy atom. The predicted octanol–water partition coefficient (Wildman–Crippen LogP) is 3.68. The van der Waals surface area contributed by atoms with Crippen molar-refractivity contribution in [2.45, 2.75) is 0 Å². The number of piperazine rings is 1. The van der Waals surface area contributed by atoms with Crippen LogP contribution < -0.4 is 14.5 Å². The summed E-state index contributed by atoms with van der Waals surface area (Å²) in [6.07, 6.45) is 1.84. The number of thiazole rings is 1. The second-order valence-electron chi connectivity index (χ2n) is 5.59. The number of halogens is 1. The van der Waals surface area contributed by atoms with Crippen molar-refractivity contribution in [2.75, 3.05) is 43.1 Å². The van der Waals surface area contributed by atoms with Gasteiger partial charge in [-0.05, 0) is 24.3 Å². The van der Waals surface area contributed by atoms with Crippen LogP contribution >= 0.6 is 22.9 Å². The molecule has 3 heterocycles. The Bertz CT molecular complexity index is 846. The van der Waals surface area contributed by atoms with Gasteiger partial charge in [0.1, 0.15) is 17.1 Å². The van der Waals surface area contributed by atoms with Crippen LogP contribution in [0.15, 0.2) is 36.5 Å². The maximum Gasteiger partial charge on any atom is 0.186 e. The Balaban J connectivity index is 1.56. The largest absolute Gasteiger partial charge is 0.494 e. The highest BCUT2D eigenvalue weighted by Gasteiger charge is 2.22. The molecule has 1 saturated heterocycles. The fraction of sp³-hybridized carbons (Fsp3) is 0.294. The number of nitrogens with zero attached hydrogens (tertiary/aromatic N) is 4. The van der Waals surface area contributed by atoms with Gasteiger partial charge in [-0.1, -0.05) is 29.0 Å². The normalized spacial score (nSPS) is 15.1. The summed E-state index contributed by atoms with van der Waals surface area (Å²) in [7, 11) is 1.66. The molecular weight excluding hydrogens is 344 g/mol. The lowest BCUT2D eigenvalue weighted by molar-refractivity contribution is 0.419. The molecule has 7 heteroatoms. The molecule has 0 aliphatic carbocycles. The summed E-state index contributed by atoms with van der Waals surface area (Å²) < 4.78 is 6.39. The van der Waals surface area contributed by atoms with E-state index in [2.05, 4.69) is 20.9 Å². The van der Waals surface area contributed by atoms with Crippen LogP contribution in [0.1, 0.15) is 0 Å². The van der Waals surface area contributed by atoms with E-state index in [1.807, 2.05) is 30.5 Å². The molecule has 0 unspecified atom stereocenters. The SMILES string of the molecule is COc1ccc(Cl)c2sc(N3CCN(c4ccccn4)CC3)nc12. The molecule has 0 atom stereocenters. The smallest absolute Gasteiger partial charge is 0.186 e. The summed E-state index contributed by atoms with van der Waals surface area (Å²) in [5, 5.41) is 1.72. The molecule has 4 rings (SSSR count). The summed E-state index contributed by atoms with van der Waals surface area (Å²) >= 11 is 7.95. The van der Waals surface area contributed by atoms with Crippen LogP contribution in [0.2, 0.25) is 5.02 Å². The van der Waals surface area contributed by atoms with Gasteiger partial charge in [-0.15, -0.1) is 0 Å². The molecule has 2 aromatic heterocycles. The van der Waals surface area contributed by atoms with Crippen LogP contribution in [0.25, 0.3) is 10.2 Å². The highest BCUT2D eigenvalue weighted by atomic mass is 35.5. The summed E-state index contributed by atoms with van der Waals surface area (Å²) in [6, 6.07) is 9.75. The van der Waals surface area contributed by atoms with E-state index in [-0.39, 0.29) is 0 Å². The second kappa shape index (κ2) is 6.45. The van der Waals surface area contributed by atoms with Crippen molar-refractivity contribution < 1.29 is 4.74 Å². The van der Waals surface area contributed by atoms with Crippen molar-refractivity contribution in [3.8, 4) is 5.75 Å². The van der Waals surface area contributed by atoms with Crippen molar-refractivity contribution in [3.63, 3.8) is 0 Å². The molecule has 0 N–H and O–H groups in total. The average molecular weight is 361 g/mol. The first kappa shape index (κ1) is 15.5. The van der Waals surface area contributed by atoms with E-state index in [0.29, 0.717) is 0 Å². The fourth-order valence-electron chi connectivity index (χ4n) is 2.91. The molecular formula is C17H17ClN4OS. The number of anilines is 2. The molecule has 0 bridgehead atoms. The lowest BCUT2D eigenvalue weighted by atomic mass is 10.3. The molecule has 0 saturated carbocycles. The first-order valence-corrected chi connectivity index (χ1v) is 8.99. The van der Waals surface area contributed by atoms with E-state index in [9.17, 15) is 0 Å². The minimum atomic E-state index is 0.724. The highest BCUT2D eigenvalue weighted by Crippen LogP contribution is 2.38. The summed E-state index contributed by atoms with van der Waals surface area (Å²) in [6.45, 7) is 3.68. The number of ether oxygens (including phenoxy) is 1. The number of pyridine rings is 1. The molecule has 1 fully saturated rings. The third-order valence-electron chi connectivity index (χ3n) is 4.19. The zero-order valence-corrected chi connectivity index (χ0v) is 14.8. The van der Waals surface area contributed by atoms with Crippen molar-refractivity contribution in [3.05, 3.63) is 41.6 Å². The van der Waals surface area contributed by atoms with E-state index in [1.165, 1.54) is 0 Å². The van der Waals surface area contributed by atoms with Crippen LogP contribution in [0, 0.1) is 0 Å². The number of hydrogen-bond donors (Lipinski definition) is 0. The molecule has 1 aliphatic heterocycles. The molecule has 0 spiro atoms. The predicted molar refractivity (Wildman–Crippen MR) is 99.8 cm³/mol. The maximum absolute atomic E-state index is 6.32. The molecule has 5 nitrogen and oxygen atoms in total. The van der Waals surface area contributed by atoms with Gasteiger partial charge in [0.05, 0.1) is 16.8 Å². The van der Waals surface area contributed by atoms with Gasteiger partial charge in [0.2, 0.25) is 0 Å². The van der Waals surface area contributed by atoms with Crippen molar-refractivity contribution in [1.29, 1.82) is 0 Å². The van der Waals surface area contributed by atoms with Gasteiger partial charge in [0.25, 0.3) is 0 Å². The van der Waals surface area contributed by atoms with E-state index in [1.54, 1.807) is 18.4 Å². The first-order valence-electron chi connectivity index (χ1n) is 7.80. The number of hydrogen-bond acceptors (Lipinski definition) is 6. The van der Waals surface area contributed by atoms with Crippen LogP contribution in [-0.2, 0) is 0 Å². The van der Waals surface area contributed by atoms with E-state index < -0.39 is 0 Å². The number of benzene rings is 1. The van der Waals surface area contributed by atoms with Crippen molar-refractivity contribution in [2.24, 2.45) is 0 Å². The third-order valence-corrected chi connectivity index (χ3v) is 5.77. The van der Waals surface area contributed by atoms with E-state index >= 15 is 0 Å². The van der Waals surface area contributed by atoms with Gasteiger partial charge in [0.15, 0.2) is 5.13 Å². The molecule has 0 radical (unpaired) electrons. The summed E-state index contributed by atoms with van der Waals surface area (Å²) in [5.74, 6) is 1.80. The van der Waals surface area contributed by atoms with E-state index in [0.717, 1.165) is 58.1 Å². The quantitative estimate of drug-likeness (QED) is 0.712. The number of aromatic nitrogens is 2. The van der Waals surface area contributed by atoms with E-state index in [4.69, 9.17) is 21.3 Å². The summed E-state index contributed by atoms with van der Waals surface area (Å²) in [5.41, 5.74) is 0.845. The fourth-order valence-corrected chi connectivity index (χ4v) is 4.22.